The molecule has 16 heavy (non-hydrogen) atoms. The molecule has 1 aromatic carbocycles. The van der Waals surface area contributed by atoms with Crippen molar-refractivity contribution in [2.24, 2.45) is 11.1 Å². The molecule has 84 valence electrons. The lowest BCUT2D eigenvalue weighted by Crippen LogP contribution is -2.49. The zero-order chi connectivity index (χ0) is 11.0. The Morgan fingerprint density at radius 3 is 2.81 bits per heavy atom. The van der Waals surface area contributed by atoms with E-state index < -0.39 is 0 Å². The first-order chi connectivity index (χ1) is 7.83. The fourth-order valence-electron chi connectivity index (χ4n) is 2.26. The van der Waals surface area contributed by atoms with E-state index >= 15 is 0 Å². The van der Waals surface area contributed by atoms with Crippen molar-refractivity contribution in [3.8, 4) is 0 Å². The molecule has 0 atom stereocenters. The van der Waals surface area contributed by atoms with Crippen LogP contribution in [0.3, 0.4) is 0 Å². The molecule has 0 aliphatic carbocycles. The van der Waals surface area contributed by atoms with E-state index in [1.54, 1.807) is 0 Å². The van der Waals surface area contributed by atoms with Gasteiger partial charge in [-0.05, 0) is 28.8 Å². The molecule has 1 aliphatic heterocycles. The molecule has 1 fully saturated rings. The maximum atomic E-state index is 5.85. The van der Waals surface area contributed by atoms with Crippen LogP contribution in [0, 0.1) is 5.41 Å². The van der Waals surface area contributed by atoms with E-state index in [4.69, 9.17) is 10.5 Å². The van der Waals surface area contributed by atoms with E-state index in [0.717, 1.165) is 26.2 Å². The maximum Gasteiger partial charge on any atom is 0.0560 e. The van der Waals surface area contributed by atoms with Crippen molar-refractivity contribution in [2.45, 2.75) is 6.42 Å². The molecule has 3 rings (SSSR count). The van der Waals surface area contributed by atoms with Crippen LogP contribution in [0.1, 0.15) is 5.56 Å². The molecule has 2 nitrogen and oxygen atoms in total. The van der Waals surface area contributed by atoms with Crippen molar-refractivity contribution in [2.75, 3.05) is 19.8 Å². The number of nitrogens with two attached hydrogens (primary N) is 1. The van der Waals surface area contributed by atoms with E-state index in [9.17, 15) is 0 Å². The van der Waals surface area contributed by atoms with Gasteiger partial charge < -0.3 is 10.5 Å². The first-order valence-electron chi connectivity index (χ1n) is 5.56. The Hall–Kier alpha value is -0.900. The molecule has 1 aromatic heterocycles. The van der Waals surface area contributed by atoms with Crippen LogP contribution < -0.4 is 5.73 Å². The molecule has 0 spiro atoms. The third-order valence-corrected chi connectivity index (χ3v) is 4.39. The van der Waals surface area contributed by atoms with E-state index in [0.29, 0.717) is 0 Å². The Balaban J connectivity index is 1.94. The molecule has 0 saturated carbocycles. The quantitative estimate of drug-likeness (QED) is 0.883. The summed E-state index contributed by atoms with van der Waals surface area (Å²) in [6.07, 6.45) is 1.05. The highest BCUT2D eigenvalue weighted by Gasteiger charge is 2.37. The Bertz CT molecular complexity index is 496. The van der Waals surface area contributed by atoms with Gasteiger partial charge in [-0.3, -0.25) is 0 Å². The van der Waals surface area contributed by atoms with Crippen LogP contribution >= 0.6 is 11.3 Å². The van der Waals surface area contributed by atoms with Gasteiger partial charge in [0.25, 0.3) is 0 Å². The summed E-state index contributed by atoms with van der Waals surface area (Å²) >= 11 is 1.82. The number of thiophene rings is 1. The van der Waals surface area contributed by atoms with E-state index in [1.165, 1.54) is 15.6 Å². The highest BCUT2D eigenvalue weighted by Crippen LogP contribution is 2.35. The molecular weight excluding hydrogens is 218 g/mol. The second-order valence-electron chi connectivity index (χ2n) is 4.63. The topological polar surface area (TPSA) is 35.2 Å². The van der Waals surface area contributed by atoms with Crippen molar-refractivity contribution in [3.05, 3.63) is 35.2 Å². The van der Waals surface area contributed by atoms with Crippen molar-refractivity contribution in [1.82, 2.24) is 0 Å². The minimum atomic E-state index is 0.198. The normalized spacial score (nSPS) is 18.6. The first-order valence-corrected chi connectivity index (χ1v) is 6.44. The average molecular weight is 233 g/mol. The van der Waals surface area contributed by atoms with Gasteiger partial charge in [-0.25, -0.2) is 0 Å². The minimum absolute atomic E-state index is 0.198. The molecule has 2 aromatic rings. The van der Waals surface area contributed by atoms with E-state index in [2.05, 4.69) is 29.6 Å². The van der Waals surface area contributed by atoms with E-state index in [-0.39, 0.29) is 5.41 Å². The summed E-state index contributed by atoms with van der Waals surface area (Å²) in [6, 6.07) is 8.57. The first kappa shape index (κ1) is 10.3. The summed E-state index contributed by atoms with van der Waals surface area (Å²) in [7, 11) is 0. The van der Waals surface area contributed by atoms with Gasteiger partial charge in [-0.2, -0.15) is 0 Å². The van der Waals surface area contributed by atoms with Gasteiger partial charge in [-0.1, -0.05) is 18.2 Å². The molecule has 1 aliphatic rings. The SMILES string of the molecule is NCC1(Cc2csc3ccccc23)COC1. The summed E-state index contributed by atoms with van der Waals surface area (Å²) in [5, 5.41) is 3.65. The van der Waals surface area contributed by atoms with Crippen LogP contribution in [-0.4, -0.2) is 19.8 Å². The highest BCUT2D eigenvalue weighted by molar-refractivity contribution is 7.17. The van der Waals surface area contributed by atoms with Gasteiger partial charge in [0.15, 0.2) is 0 Å². The Kier molecular flexibility index (Phi) is 2.46. The lowest BCUT2D eigenvalue weighted by Gasteiger charge is -2.40. The Labute approximate surface area is 99.0 Å². The summed E-state index contributed by atoms with van der Waals surface area (Å²) < 4.78 is 6.68. The second-order valence-corrected chi connectivity index (χ2v) is 5.54. The third-order valence-electron chi connectivity index (χ3n) is 3.38. The summed E-state index contributed by atoms with van der Waals surface area (Å²) in [5.74, 6) is 0. The fourth-order valence-corrected chi connectivity index (χ4v) is 3.22. The summed E-state index contributed by atoms with van der Waals surface area (Å²) in [5.41, 5.74) is 7.48. The predicted molar refractivity (Wildman–Crippen MR) is 67.8 cm³/mol. The lowest BCUT2D eigenvalue weighted by molar-refractivity contribution is -0.106. The Morgan fingerprint density at radius 1 is 1.31 bits per heavy atom. The average Bonchev–Trinajstić information content (AvgIpc) is 2.67. The van der Waals surface area contributed by atoms with Crippen LogP contribution in [-0.2, 0) is 11.2 Å². The predicted octanol–water partition coefficient (Wildman–Crippen LogP) is 2.42. The number of rotatable bonds is 3. The van der Waals surface area contributed by atoms with Gasteiger partial charge in [0, 0.05) is 16.7 Å². The Morgan fingerprint density at radius 2 is 2.12 bits per heavy atom. The molecule has 1 saturated heterocycles. The van der Waals surface area contributed by atoms with Crippen LogP contribution in [0.2, 0.25) is 0 Å². The van der Waals surface area contributed by atoms with Crippen LogP contribution in [0.4, 0.5) is 0 Å². The smallest absolute Gasteiger partial charge is 0.0560 e. The largest absolute Gasteiger partial charge is 0.380 e. The van der Waals surface area contributed by atoms with Gasteiger partial charge >= 0.3 is 0 Å². The number of fused-ring (bicyclic) bond motifs is 1. The summed E-state index contributed by atoms with van der Waals surface area (Å²) in [4.78, 5) is 0. The lowest BCUT2D eigenvalue weighted by atomic mass is 9.80. The van der Waals surface area contributed by atoms with Crippen molar-refractivity contribution in [1.29, 1.82) is 0 Å². The highest BCUT2D eigenvalue weighted by atomic mass is 32.1. The third kappa shape index (κ3) is 1.56. The van der Waals surface area contributed by atoms with Crippen molar-refractivity contribution < 1.29 is 4.74 Å². The minimum Gasteiger partial charge on any atom is -0.380 e. The van der Waals surface area contributed by atoms with Crippen LogP contribution in [0.15, 0.2) is 29.6 Å². The van der Waals surface area contributed by atoms with Gasteiger partial charge in [0.2, 0.25) is 0 Å². The zero-order valence-corrected chi connectivity index (χ0v) is 9.93. The van der Waals surface area contributed by atoms with Crippen molar-refractivity contribution >= 4 is 21.4 Å². The molecule has 0 radical (unpaired) electrons. The van der Waals surface area contributed by atoms with Crippen LogP contribution in [0.25, 0.3) is 10.1 Å². The molecule has 0 amide bonds. The molecule has 3 heteroatoms. The van der Waals surface area contributed by atoms with Gasteiger partial charge in [0.05, 0.1) is 13.2 Å². The fraction of sp³-hybridized carbons (Fsp3) is 0.385. The van der Waals surface area contributed by atoms with Crippen molar-refractivity contribution in [3.63, 3.8) is 0 Å². The number of benzene rings is 1. The van der Waals surface area contributed by atoms with Gasteiger partial charge in [-0.15, -0.1) is 11.3 Å². The number of ether oxygens (including phenoxy) is 1. The molecule has 0 bridgehead atoms. The standard InChI is InChI=1S/C13H15NOS/c14-7-13(8-15-9-13)5-10-6-16-12-4-2-1-3-11(10)12/h1-4,6H,5,7-9,14H2. The van der Waals surface area contributed by atoms with Crippen LogP contribution in [0.5, 0.6) is 0 Å². The number of hydrogen-bond acceptors (Lipinski definition) is 3. The number of hydrogen-bond donors (Lipinski definition) is 1. The second kappa shape index (κ2) is 3.84. The summed E-state index contributed by atoms with van der Waals surface area (Å²) in [6.45, 7) is 2.35. The molecule has 0 unspecified atom stereocenters. The zero-order valence-electron chi connectivity index (χ0n) is 9.11. The molecular formula is C13H15NOS. The molecule has 2 heterocycles. The monoisotopic (exact) mass is 233 g/mol. The molecule has 2 N–H and O–H groups in total. The maximum absolute atomic E-state index is 5.85. The van der Waals surface area contributed by atoms with E-state index in [1.807, 2.05) is 11.3 Å². The van der Waals surface area contributed by atoms with Gasteiger partial charge in [0.1, 0.15) is 0 Å².